The highest BCUT2D eigenvalue weighted by Gasteiger charge is 2.16. The third-order valence-electron chi connectivity index (χ3n) is 2.41. The van der Waals surface area contributed by atoms with E-state index in [0.717, 1.165) is 12.7 Å². The van der Waals surface area contributed by atoms with E-state index in [0.29, 0.717) is 0 Å². The molecule has 0 aliphatic heterocycles. The van der Waals surface area contributed by atoms with E-state index in [1.807, 2.05) is 13.8 Å². The van der Waals surface area contributed by atoms with E-state index >= 15 is 0 Å². The first-order valence-electron chi connectivity index (χ1n) is 5.66. The van der Waals surface area contributed by atoms with Gasteiger partial charge in [-0.3, -0.25) is 4.79 Å². The van der Waals surface area contributed by atoms with Crippen molar-refractivity contribution in [2.24, 2.45) is 0 Å². The van der Waals surface area contributed by atoms with Crippen LogP contribution in [0.2, 0.25) is 0 Å². The fourth-order valence-corrected chi connectivity index (χ4v) is 2.01. The Morgan fingerprint density at radius 1 is 1.53 bits per heavy atom. The van der Waals surface area contributed by atoms with Gasteiger partial charge >= 0.3 is 0 Å². The number of hydrogen-bond donors (Lipinski definition) is 1. The van der Waals surface area contributed by atoms with Gasteiger partial charge < -0.3 is 5.32 Å². The predicted molar refractivity (Wildman–Crippen MR) is 69.1 cm³/mol. The normalized spacial score (nSPS) is 13.4. The van der Waals surface area contributed by atoms with Gasteiger partial charge in [0, 0.05) is 25.6 Å². The smallest absolute Gasteiger partial charge is 0.221 e. The van der Waals surface area contributed by atoms with Crippen LogP contribution in [0.25, 0.3) is 0 Å². The number of amides is 1. The Kier molecular flexibility index (Phi) is 7.06. The number of carbonyl (C=O) groups is 1. The van der Waals surface area contributed by atoms with Crippen LogP contribution < -0.4 is 5.32 Å². The molecule has 1 unspecified atom stereocenters. The van der Waals surface area contributed by atoms with Gasteiger partial charge in [0.15, 0.2) is 0 Å². The highest BCUT2D eigenvalue weighted by Crippen LogP contribution is 2.00. The van der Waals surface area contributed by atoms with Gasteiger partial charge in [-0.25, -0.2) is 8.42 Å². The van der Waals surface area contributed by atoms with E-state index < -0.39 is 10.0 Å². The summed E-state index contributed by atoms with van der Waals surface area (Å²) in [5.41, 5.74) is 0. The molecule has 6 heteroatoms. The molecule has 5 nitrogen and oxygen atoms in total. The van der Waals surface area contributed by atoms with Gasteiger partial charge in [0.1, 0.15) is 0 Å². The van der Waals surface area contributed by atoms with Crippen LogP contribution in [0.3, 0.4) is 0 Å². The Morgan fingerprint density at radius 3 is 2.53 bits per heavy atom. The van der Waals surface area contributed by atoms with E-state index in [-0.39, 0.29) is 31.5 Å². The largest absolute Gasteiger partial charge is 0.354 e. The van der Waals surface area contributed by atoms with Crippen molar-refractivity contribution in [1.29, 1.82) is 0 Å². The van der Waals surface area contributed by atoms with Crippen molar-refractivity contribution in [3.8, 4) is 0 Å². The Labute approximate surface area is 104 Å². The average Bonchev–Trinajstić information content (AvgIpc) is 2.22. The first-order chi connectivity index (χ1) is 7.81. The van der Waals surface area contributed by atoms with Crippen LogP contribution in [-0.4, -0.2) is 44.0 Å². The van der Waals surface area contributed by atoms with Crippen molar-refractivity contribution in [3.63, 3.8) is 0 Å². The van der Waals surface area contributed by atoms with Crippen molar-refractivity contribution in [3.05, 3.63) is 12.7 Å². The number of nitrogens with zero attached hydrogens (tertiary/aromatic N) is 1. The third-order valence-corrected chi connectivity index (χ3v) is 3.68. The van der Waals surface area contributed by atoms with Gasteiger partial charge in [0.25, 0.3) is 0 Å². The molecule has 100 valence electrons. The molecule has 0 aliphatic rings. The van der Waals surface area contributed by atoms with Crippen molar-refractivity contribution >= 4 is 15.9 Å². The molecule has 0 spiro atoms. The lowest BCUT2D eigenvalue weighted by Crippen LogP contribution is -2.37. The number of carbonyl (C=O) groups excluding carboxylic acids is 1. The molecular weight excluding hydrogens is 240 g/mol. The maximum atomic E-state index is 11.5. The lowest BCUT2D eigenvalue weighted by Gasteiger charge is -2.18. The summed E-state index contributed by atoms with van der Waals surface area (Å²) in [6, 6.07) is 0.119. The van der Waals surface area contributed by atoms with Crippen LogP contribution in [-0.2, 0) is 14.8 Å². The quantitative estimate of drug-likeness (QED) is 0.656. The molecular formula is C11H22N2O3S. The monoisotopic (exact) mass is 262 g/mol. The van der Waals surface area contributed by atoms with E-state index in [4.69, 9.17) is 0 Å². The minimum atomic E-state index is -3.27. The molecule has 0 aromatic heterocycles. The van der Waals surface area contributed by atoms with Crippen molar-refractivity contribution in [2.75, 3.05) is 19.3 Å². The van der Waals surface area contributed by atoms with Gasteiger partial charge in [0.05, 0.1) is 6.26 Å². The van der Waals surface area contributed by atoms with Crippen molar-refractivity contribution in [1.82, 2.24) is 9.62 Å². The van der Waals surface area contributed by atoms with Crippen LogP contribution in [0.1, 0.15) is 26.7 Å². The van der Waals surface area contributed by atoms with Gasteiger partial charge in [-0.1, -0.05) is 13.0 Å². The third kappa shape index (κ3) is 7.12. The molecule has 0 heterocycles. The first kappa shape index (κ1) is 16.1. The molecule has 17 heavy (non-hydrogen) atoms. The van der Waals surface area contributed by atoms with E-state index in [9.17, 15) is 13.2 Å². The van der Waals surface area contributed by atoms with Crippen LogP contribution in [0.5, 0.6) is 0 Å². The second-order valence-electron chi connectivity index (χ2n) is 4.04. The summed E-state index contributed by atoms with van der Waals surface area (Å²) in [6.45, 7) is 7.81. The summed E-state index contributed by atoms with van der Waals surface area (Å²) in [6.07, 6.45) is 3.66. The summed E-state index contributed by atoms with van der Waals surface area (Å²) in [4.78, 5) is 11.5. The van der Waals surface area contributed by atoms with Crippen molar-refractivity contribution < 1.29 is 13.2 Å². The van der Waals surface area contributed by atoms with Gasteiger partial charge in [-0.05, 0) is 13.3 Å². The zero-order valence-corrected chi connectivity index (χ0v) is 11.6. The fraction of sp³-hybridized carbons (Fsp3) is 0.727. The topological polar surface area (TPSA) is 66.5 Å². The predicted octanol–water partition coefficient (Wildman–Crippen LogP) is 0.739. The molecule has 0 saturated heterocycles. The Bertz CT molecular complexity index is 352. The van der Waals surface area contributed by atoms with Gasteiger partial charge in [0.2, 0.25) is 15.9 Å². The minimum absolute atomic E-state index is 0.119. The molecule has 0 aromatic rings. The second-order valence-corrected chi connectivity index (χ2v) is 6.02. The average molecular weight is 262 g/mol. The van der Waals surface area contributed by atoms with E-state index in [2.05, 4.69) is 11.9 Å². The zero-order chi connectivity index (χ0) is 13.5. The molecule has 1 atom stereocenters. The molecule has 0 saturated carbocycles. The summed E-state index contributed by atoms with van der Waals surface area (Å²) in [5, 5.41) is 2.79. The SMILES string of the molecule is C=CCN(CCC(=O)NC(C)CC)S(C)(=O)=O. The van der Waals surface area contributed by atoms with E-state index in [1.54, 1.807) is 0 Å². The number of nitrogens with one attached hydrogen (secondary N) is 1. The first-order valence-corrected chi connectivity index (χ1v) is 7.51. The Morgan fingerprint density at radius 2 is 2.12 bits per heavy atom. The van der Waals surface area contributed by atoms with Gasteiger partial charge in [-0.2, -0.15) is 4.31 Å². The van der Waals surface area contributed by atoms with Crippen LogP contribution >= 0.6 is 0 Å². The number of sulfonamides is 1. The molecule has 0 rings (SSSR count). The molecule has 0 aliphatic carbocycles. The fourth-order valence-electron chi connectivity index (χ4n) is 1.21. The maximum absolute atomic E-state index is 11.5. The van der Waals surface area contributed by atoms with Crippen molar-refractivity contribution in [2.45, 2.75) is 32.7 Å². The summed E-state index contributed by atoms with van der Waals surface area (Å²) in [7, 11) is -3.27. The molecule has 0 fully saturated rings. The molecule has 0 aromatic carbocycles. The van der Waals surface area contributed by atoms with Crippen LogP contribution in [0, 0.1) is 0 Å². The van der Waals surface area contributed by atoms with E-state index in [1.165, 1.54) is 10.4 Å². The standard InChI is InChI=1S/C11H22N2O3S/c1-5-8-13(17(4,15)16)9-7-11(14)12-10(3)6-2/h5,10H,1,6-9H2,2-4H3,(H,12,14). The van der Waals surface area contributed by atoms with Crippen LogP contribution in [0.15, 0.2) is 12.7 Å². The highest BCUT2D eigenvalue weighted by atomic mass is 32.2. The Hall–Kier alpha value is -0.880. The molecule has 1 N–H and O–H groups in total. The second kappa shape index (κ2) is 7.45. The van der Waals surface area contributed by atoms with Crippen LogP contribution in [0.4, 0.5) is 0 Å². The highest BCUT2D eigenvalue weighted by molar-refractivity contribution is 7.88. The van der Waals surface area contributed by atoms with Gasteiger partial charge in [-0.15, -0.1) is 6.58 Å². The number of rotatable bonds is 8. The Balaban J connectivity index is 4.23. The summed E-state index contributed by atoms with van der Waals surface area (Å²) >= 11 is 0. The lowest BCUT2D eigenvalue weighted by atomic mass is 10.2. The lowest BCUT2D eigenvalue weighted by molar-refractivity contribution is -0.121. The molecule has 1 amide bonds. The zero-order valence-electron chi connectivity index (χ0n) is 10.8. The summed E-state index contributed by atoms with van der Waals surface area (Å²) < 4.78 is 23.9. The minimum Gasteiger partial charge on any atom is -0.354 e. The maximum Gasteiger partial charge on any atom is 0.221 e. The molecule has 0 radical (unpaired) electrons. The molecule has 0 bridgehead atoms. The number of hydrogen-bond acceptors (Lipinski definition) is 3. The summed E-state index contributed by atoms with van der Waals surface area (Å²) in [5.74, 6) is -0.128.